The highest BCUT2D eigenvalue weighted by Gasteiger charge is 2.47. The summed E-state index contributed by atoms with van der Waals surface area (Å²) in [5.74, 6) is -1.68. The second-order valence-electron chi connectivity index (χ2n) is 14.2. The van der Waals surface area contributed by atoms with Gasteiger partial charge in [0.2, 0.25) is 11.8 Å². The number of rotatable bonds is 13. The zero-order valence-corrected chi connectivity index (χ0v) is 28.7. The Balaban J connectivity index is 3.41. The Bertz CT molecular complexity index is 1080. The van der Waals surface area contributed by atoms with E-state index in [0.717, 1.165) is 4.47 Å². The van der Waals surface area contributed by atoms with Crippen LogP contribution in [0.1, 0.15) is 113 Å². The molecular weight excluding hydrogens is 586 g/mol. The Morgan fingerprint density at radius 1 is 0.659 bits per heavy atom. The largest absolute Gasteiger partial charge is 0.458 e. The Kier molecular flexibility index (Phi) is 12.6. The smallest absolute Gasteiger partial charge is 0.332 e. The van der Waals surface area contributed by atoms with Crippen LogP contribution in [0.2, 0.25) is 0 Å². The first-order valence-electron chi connectivity index (χ1n) is 14.5. The number of amides is 3. The van der Waals surface area contributed by atoms with Gasteiger partial charge in [-0.3, -0.25) is 14.4 Å². The van der Waals surface area contributed by atoms with Crippen LogP contribution in [0, 0.1) is 17.8 Å². The monoisotopic (exact) mass is 637 g/mol. The Morgan fingerprint density at radius 3 is 1.41 bits per heavy atom. The summed E-state index contributed by atoms with van der Waals surface area (Å²) in [6, 6.07) is 6.88. The number of ether oxygens (including phenoxy) is 1. The van der Waals surface area contributed by atoms with Gasteiger partial charge in [-0.1, -0.05) is 57.5 Å². The first kappa shape index (κ1) is 36.6. The molecule has 0 spiro atoms. The van der Waals surface area contributed by atoms with E-state index in [9.17, 15) is 19.2 Å². The van der Waals surface area contributed by atoms with Gasteiger partial charge >= 0.3 is 5.97 Å². The van der Waals surface area contributed by atoms with Gasteiger partial charge in [-0.25, -0.2) is 4.79 Å². The topological polar surface area (TPSA) is 114 Å². The van der Waals surface area contributed by atoms with Crippen LogP contribution < -0.4 is 16.0 Å². The third-order valence-corrected chi connectivity index (χ3v) is 7.10. The quantitative estimate of drug-likeness (QED) is 0.224. The summed E-state index contributed by atoms with van der Waals surface area (Å²) in [6.45, 7) is 22.1. The van der Waals surface area contributed by atoms with Crippen molar-refractivity contribution in [3.63, 3.8) is 0 Å². The van der Waals surface area contributed by atoms with E-state index in [1.165, 1.54) is 0 Å². The molecule has 0 fully saturated rings. The number of nitrogens with one attached hydrogen (secondary N) is 3. The molecule has 0 bridgehead atoms. The summed E-state index contributed by atoms with van der Waals surface area (Å²) in [7, 11) is 0. The number of hydrogen-bond donors (Lipinski definition) is 3. The van der Waals surface area contributed by atoms with Gasteiger partial charge in [0.05, 0.1) is 0 Å². The van der Waals surface area contributed by atoms with Crippen LogP contribution >= 0.6 is 15.9 Å². The van der Waals surface area contributed by atoms with Gasteiger partial charge in [-0.2, -0.15) is 0 Å². The van der Waals surface area contributed by atoms with Crippen LogP contribution in [-0.2, 0) is 19.1 Å². The maximum Gasteiger partial charge on any atom is 0.332 e. The molecule has 1 aromatic rings. The van der Waals surface area contributed by atoms with Crippen molar-refractivity contribution in [1.29, 1.82) is 0 Å². The maximum atomic E-state index is 14.0. The predicted octanol–water partition coefficient (Wildman–Crippen LogP) is 6.17. The minimum atomic E-state index is -1.37. The molecule has 8 nitrogen and oxygen atoms in total. The minimum absolute atomic E-state index is 0.0395. The molecule has 232 valence electrons. The molecule has 0 aliphatic carbocycles. The summed E-state index contributed by atoms with van der Waals surface area (Å²) in [6.07, 6.45) is 1.02. The molecule has 1 aromatic carbocycles. The molecule has 0 unspecified atom stereocenters. The van der Waals surface area contributed by atoms with Crippen molar-refractivity contribution in [2.24, 2.45) is 17.8 Å². The van der Waals surface area contributed by atoms with E-state index in [2.05, 4.69) is 31.9 Å². The number of halogens is 1. The van der Waals surface area contributed by atoms with Crippen molar-refractivity contribution in [3.8, 4) is 0 Å². The van der Waals surface area contributed by atoms with Gasteiger partial charge in [-0.05, 0) is 103 Å². The van der Waals surface area contributed by atoms with Gasteiger partial charge in [0.1, 0.15) is 22.2 Å². The Labute approximate surface area is 255 Å². The highest BCUT2D eigenvalue weighted by Crippen LogP contribution is 2.26. The van der Waals surface area contributed by atoms with Crippen LogP contribution in [-0.4, -0.2) is 45.9 Å². The first-order valence-corrected chi connectivity index (χ1v) is 15.3. The summed E-state index contributed by atoms with van der Waals surface area (Å²) >= 11 is 3.37. The summed E-state index contributed by atoms with van der Waals surface area (Å²) in [5, 5.41) is 8.84. The lowest BCUT2D eigenvalue weighted by molar-refractivity contribution is -0.165. The van der Waals surface area contributed by atoms with Gasteiger partial charge < -0.3 is 20.7 Å². The third kappa shape index (κ3) is 11.4. The van der Waals surface area contributed by atoms with E-state index >= 15 is 0 Å². The highest BCUT2D eigenvalue weighted by atomic mass is 79.9. The number of benzene rings is 1. The molecule has 0 heterocycles. The molecule has 0 saturated carbocycles. The fourth-order valence-electron chi connectivity index (χ4n) is 5.13. The molecule has 0 saturated heterocycles. The Morgan fingerprint density at radius 2 is 1.02 bits per heavy atom. The third-order valence-electron chi connectivity index (χ3n) is 6.58. The lowest BCUT2D eigenvalue weighted by atomic mass is 9.84. The van der Waals surface area contributed by atoms with Crippen molar-refractivity contribution in [2.45, 2.75) is 125 Å². The normalized spacial score (nSPS) is 16.4. The van der Waals surface area contributed by atoms with Crippen molar-refractivity contribution in [1.82, 2.24) is 16.0 Å². The van der Waals surface area contributed by atoms with E-state index in [-0.39, 0.29) is 23.7 Å². The van der Waals surface area contributed by atoms with Crippen molar-refractivity contribution >= 4 is 39.6 Å². The first-order chi connectivity index (χ1) is 18.5. The maximum absolute atomic E-state index is 14.0. The molecular formula is C32H52BrN3O5. The molecule has 3 N–H and O–H groups in total. The second-order valence-corrected chi connectivity index (χ2v) is 15.1. The zero-order valence-electron chi connectivity index (χ0n) is 27.1. The van der Waals surface area contributed by atoms with Gasteiger partial charge in [-0.15, -0.1) is 0 Å². The van der Waals surface area contributed by atoms with Crippen LogP contribution in [0.25, 0.3) is 0 Å². The Hall–Kier alpha value is -2.42. The number of hydrogen-bond acceptors (Lipinski definition) is 5. The number of carbonyl (C=O) groups excluding carboxylic acids is 4. The number of carbonyl (C=O) groups is 4. The van der Waals surface area contributed by atoms with Crippen LogP contribution in [0.3, 0.4) is 0 Å². The van der Waals surface area contributed by atoms with Crippen molar-refractivity contribution in [2.75, 3.05) is 0 Å². The number of esters is 1. The van der Waals surface area contributed by atoms with Crippen molar-refractivity contribution in [3.05, 3.63) is 34.3 Å². The summed E-state index contributed by atoms with van der Waals surface area (Å²) in [5.41, 5.74) is -4.30. The molecule has 3 amide bonds. The lowest BCUT2D eigenvalue weighted by Gasteiger charge is -2.40. The predicted molar refractivity (Wildman–Crippen MR) is 167 cm³/mol. The second kappa shape index (κ2) is 14.2. The van der Waals surface area contributed by atoms with E-state index in [1.54, 1.807) is 65.8 Å². The van der Waals surface area contributed by atoms with Crippen LogP contribution in [0.15, 0.2) is 28.7 Å². The lowest BCUT2D eigenvalue weighted by Crippen LogP contribution is -2.68. The molecule has 0 aliphatic rings. The van der Waals surface area contributed by atoms with Crippen LogP contribution in [0.5, 0.6) is 0 Å². The van der Waals surface area contributed by atoms with Gasteiger partial charge in [0.15, 0.2) is 0 Å². The highest BCUT2D eigenvalue weighted by molar-refractivity contribution is 9.10. The van der Waals surface area contributed by atoms with E-state index < -0.39 is 40.0 Å². The average molecular weight is 639 g/mol. The SMILES string of the molecule is CC(C)C[C@](C)(NC(=O)c1ccc(Br)cc1)C(=O)N[C@@](C)(CC(C)C)C(=O)N[C@@](C)(CC(C)C)C(=O)OC(C)(C)C. The molecule has 0 radical (unpaired) electrons. The average Bonchev–Trinajstić information content (AvgIpc) is 2.76. The summed E-state index contributed by atoms with van der Waals surface area (Å²) < 4.78 is 6.52. The zero-order chi connectivity index (χ0) is 32.0. The fourth-order valence-corrected chi connectivity index (χ4v) is 5.39. The van der Waals surface area contributed by atoms with Gasteiger partial charge in [0.25, 0.3) is 5.91 Å². The van der Waals surface area contributed by atoms with E-state index in [4.69, 9.17) is 4.74 Å². The molecule has 0 aliphatic heterocycles. The van der Waals surface area contributed by atoms with E-state index in [1.807, 2.05) is 41.5 Å². The molecule has 9 heteroatoms. The molecule has 1 rings (SSSR count). The standard InChI is InChI=1S/C32H52BrN3O5/c1-20(2)17-30(10,34-25(37)23-13-15-24(33)16-14-23)26(38)35-31(11,18-21(3)4)27(39)36-32(12,19-22(5)6)28(40)41-29(7,8)9/h13-16,20-22H,17-19H2,1-12H3,(H,34,37)(H,35,38)(H,36,39)/t30-,31-,32-/m0/s1. The molecule has 0 aromatic heterocycles. The molecule has 41 heavy (non-hydrogen) atoms. The molecule has 3 atom stereocenters. The minimum Gasteiger partial charge on any atom is -0.458 e. The van der Waals surface area contributed by atoms with E-state index in [0.29, 0.717) is 24.8 Å². The van der Waals surface area contributed by atoms with Gasteiger partial charge in [0, 0.05) is 10.0 Å². The van der Waals surface area contributed by atoms with Crippen molar-refractivity contribution < 1.29 is 23.9 Å². The summed E-state index contributed by atoms with van der Waals surface area (Å²) in [4.78, 5) is 54.5. The van der Waals surface area contributed by atoms with Crippen LogP contribution in [0.4, 0.5) is 0 Å². The fraction of sp³-hybridized carbons (Fsp3) is 0.688.